The Morgan fingerprint density at radius 2 is 1.70 bits per heavy atom. The molecule has 2 aromatic rings. The topological polar surface area (TPSA) is 96.0 Å². The van der Waals surface area contributed by atoms with Crippen molar-refractivity contribution in [1.29, 1.82) is 0 Å². The standard InChI is InChI=1S/C24H33N3O5S/c1-5-6-16-25-24(29)19(2)26(17-20-12-14-22(32-3)15-13-20)23(28)18-27(33(4,30)31)21-10-8-7-9-11-21/h7-15,19H,5-6,16-18H2,1-4H3,(H,25,29). The van der Waals surface area contributed by atoms with Gasteiger partial charge in [-0.2, -0.15) is 0 Å². The molecule has 0 bridgehead atoms. The number of rotatable bonds is 12. The Balaban J connectivity index is 2.31. The largest absolute Gasteiger partial charge is 0.497 e. The van der Waals surface area contributed by atoms with Gasteiger partial charge in [0.25, 0.3) is 0 Å². The number of para-hydroxylation sites is 1. The summed E-state index contributed by atoms with van der Waals surface area (Å²) < 4.78 is 31.2. The Kier molecular flexibility index (Phi) is 9.72. The van der Waals surface area contributed by atoms with Crippen LogP contribution in [0.4, 0.5) is 5.69 Å². The van der Waals surface area contributed by atoms with Crippen molar-refractivity contribution in [1.82, 2.24) is 10.2 Å². The van der Waals surface area contributed by atoms with E-state index in [1.54, 1.807) is 56.5 Å². The average molecular weight is 476 g/mol. The van der Waals surface area contributed by atoms with Crippen molar-refractivity contribution in [3.8, 4) is 5.75 Å². The number of hydrogen-bond acceptors (Lipinski definition) is 5. The van der Waals surface area contributed by atoms with Crippen molar-refractivity contribution < 1.29 is 22.7 Å². The smallest absolute Gasteiger partial charge is 0.244 e. The van der Waals surface area contributed by atoms with Gasteiger partial charge in [0.2, 0.25) is 21.8 Å². The second kappa shape index (κ2) is 12.2. The Morgan fingerprint density at radius 1 is 1.06 bits per heavy atom. The number of amides is 2. The molecule has 180 valence electrons. The molecular formula is C24H33N3O5S. The fraction of sp³-hybridized carbons (Fsp3) is 0.417. The lowest BCUT2D eigenvalue weighted by molar-refractivity contribution is -0.139. The summed E-state index contributed by atoms with van der Waals surface area (Å²) in [4.78, 5) is 27.5. The molecule has 2 aromatic carbocycles. The summed E-state index contributed by atoms with van der Waals surface area (Å²) in [5.74, 6) is -0.0801. The van der Waals surface area contributed by atoms with Crippen molar-refractivity contribution in [2.75, 3.05) is 30.8 Å². The van der Waals surface area contributed by atoms with Crippen LogP contribution in [0.15, 0.2) is 54.6 Å². The molecule has 9 heteroatoms. The summed E-state index contributed by atoms with van der Waals surface area (Å²) in [6.45, 7) is 3.93. The van der Waals surface area contributed by atoms with E-state index in [0.717, 1.165) is 29.0 Å². The van der Waals surface area contributed by atoms with Gasteiger partial charge in [-0.1, -0.05) is 43.7 Å². The Labute approximate surface area is 196 Å². The van der Waals surface area contributed by atoms with Gasteiger partial charge in [-0.25, -0.2) is 8.42 Å². The van der Waals surface area contributed by atoms with E-state index in [4.69, 9.17) is 4.74 Å². The van der Waals surface area contributed by atoms with Gasteiger partial charge in [-0.3, -0.25) is 13.9 Å². The van der Waals surface area contributed by atoms with Gasteiger partial charge in [0.15, 0.2) is 0 Å². The lowest BCUT2D eigenvalue weighted by Crippen LogP contribution is -2.51. The number of sulfonamides is 1. The maximum absolute atomic E-state index is 13.4. The molecule has 0 spiro atoms. The molecule has 0 saturated heterocycles. The first kappa shape index (κ1) is 26.2. The van der Waals surface area contributed by atoms with Gasteiger partial charge in [0.1, 0.15) is 18.3 Å². The van der Waals surface area contributed by atoms with E-state index in [0.29, 0.717) is 18.0 Å². The number of benzene rings is 2. The molecule has 1 unspecified atom stereocenters. The predicted octanol–water partition coefficient (Wildman–Crippen LogP) is 2.79. The van der Waals surface area contributed by atoms with E-state index in [1.165, 1.54) is 4.90 Å². The third kappa shape index (κ3) is 7.78. The zero-order valence-corrected chi connectivity index (χ0v) is 20.5. The average Bonchev–Trinajstić information content (AvgIpc) is 2.80. The number of hydrogen-bond donors (Lipinski definition) is 1. The van der Waals surface area contributed by atoms with E-state index < -0.39 is 28.5 Å². The second-order valence-corrected chi connectivity index (χ2v) is 9.70. The predicted molar refractivity (Wildman–Crippen MR) is 130 cm³/mol. The van der Waals surface area contributed by atoms with Crippen LogP contribution in [0.5, 0.6) is 5.75 Å². The number of anilines is 1. The summed E-state index contributed by atoms with van der Waals surface area (Å²) in [6.07, 6.45) is 2.83. The number of carbonyl (C=O) groups excluding carboxylic acids is 2. The Hall–Kier alpha value is -3.07. The fourth-order valence-electron chi connectivity index (χ4n) is 3.25. The maximum Gasteiger partial charge on any atom is 0.244 e. The molecular weight excluding hydrogens is 442 g/mol. The molecule has 2 amide bonds. The number of unbranched alkanes of at least 4 members (excludes halogenated alkanes) is 1. The number of nitrogens with one attached hydrogen (secondary N) is 1. The zero-order valence-electron chi connectivity index (χ0n) is 19.7. The summed E-state index contributed by atoms with van der Waals surface area (Å²) >= 11 is 0. The lowest BCUT2D eigenvalue weighted by Gasteiger charge is -2.31. The van der Waals surface area contributed by atoms with Gasteiger partial charge in [-0.05, 0) is 43.2 Å². The van der Waals surface area contributed by atoms with Crippen molar-refractivity contribution in [3.05, 3.63) is 60.2 Å². The third-order valence-corrected chi connectivity index (χ3v) is 6.37. The molecule has 1 atom stereocenters. The number of carbonyl (C=O) groups is 2. The van der Waals surface area contributed by atoms with E-state index in [1.807, 2.05) is 19.1 Å². The van der Waals surface area contributed by atoms with Crippen LogP contribution in [-0.4, -0.2) is 57.6 Å². The minimum atomic E-state index is -3.72. The van der Waals surface area contributed by atoms with E-state index in [-0.39, 0.29) is 12.5 Å². The molecule has 0 aliphatic carbocycles. The van der Waals surface area contributed by atoms with Crippen molar-refractivity contribution >= 4 is 27.5 Å². The quantitative estimate of drug-likeness (QED) is 0.476. The molecule has 0 aliphatic heterocycles. The van der Waals surface area contributed by atoms with Crippen molar-refractivity contribution in [2.24, 2.45) is 0 Å². The first-order valence-electron chi connectivity index (χ1n) is 10.9. The van der Waals surface area contributed by atoms with Crippen LogP contribution >= 0.6 is 0 Å². The van der Waals surface area contributed by atoms with Gasteiger partial charge in [0, 0.05) is 13.1 Å². The van der Waals surface area contributed by atoms with Crippen LogP contribution in [0.25, 0.3) is 0 Å². The molecule has 0 aliphatic rings. The first-order chi connectivity index (χ1) is 15.7. The molecule has 8 nitrogen and oxygen atoms in total. The number of ether oxygens (including phenoxy) is 1. The highest BCUT2D eigenvalue weighted by Gasteiger charge is 2.29. The van der Waals surface area contributed by atoms with E-state index >= 15 is 0 Å². The van der Waals surface area contributed by atoms with Crippen LogP contribution in [-0.2, 0) is 26.2 Å². The molecule has 0 fully saturated rings. The van der Waals surface area contributed by atoms with Crippen LogP contribution in [0, 0.1) is 0 Å². The van der Waals surface area contributed by atoms with Gasteiger partial charge in [0.05, 0.1) is 19.1 Å². The Morgan fingerprint density at radius 3 is 2.24 bits per heavy atom. The lowest BCUT2D eigenvalue weighted by atomic mass is 10.1. The van der Waals surface area contributed by atoms with E-state index in [9.17, 15) is 18.0 Å². The summed E-state index contributed by atoms with van der Waals surface area (Å²) in [5.41, 5.74) is 1.18. The summed E-state index contributed by atoms with van der Waals surface area (Å²) in [5, 5.41) is 2.85. The fourth-order valence-corrected chi connectivity index (χ4v) is 4.10. The highest BCUT2D eigenvalue weighted by Crippen LogP contribution is 2.19. The SMILES string of the molecule is CCCCNC(=O)C(C)N(Cc1ccc(OC)cc1)C(=O)CN(c1ccccc1)S(C)(=O)=O. The van der Waals surface area contributed by atoms with Crippen molar-refractivity contribution in [2.45, 2.75) is 39.3 Å². The normalized spacial score (nSPS) is 12.0. The molecule has 0 heterocycles. The highest BCUT2D eigenvalue weighted by molar-refractivity contribution is 7.92. The summed E-state index contributed by atoms with van der Waals surface area (Å²) in [7, 11) is -2.16. The molecule has 2 rings (SSSR count). The number of nitrogens with zero attached hydrogens (tertiary/aromatic N) is 2. The first-order valence-corrected chi connectivity index (χ1v) is 12.7. The molecule has 1 N–H and O–H groups in total. The zero-order chi connectivity index (χ0) is 24.4. The molecule has 0 aromatic heterocycles. The minimum absolute atomic E-state index is 0.150. The van der Waals surface area contributed by atoms with Crippen molar-refractivity contribution in [3.63, 3.8) is 0 Å². The highest BCUT2D eigenvalue weighted by atomic mass is 32.2. The van der Waals surface area contributed by atoms with Crippen LogP contribution < -0.4 is 14.4 Å². The van der Waals surface area contributed by atoms with Gasteiger partial charge in [-0.15, -0.1) is 0 Å². The minimum Gasteiger partial charge on any atom is -0.497 e. The molecule has 0 saturated carbocycles. The van der Waals surface area contributed by atoms with Crippen LogP contribution in [0.2, 0.25) is 0 Å². The molecule has 33 heavy (non-hydrogen) atoms. The Bertz CT molecular complexity index is 1010. The summed E-state index contributed by atoms with van der Waals surface area (Å²) in [6, 6.07) is 14.8. The maximum atomic E-state index is 13.4. The van der Waals surface area contributed by atoms with Gasteiger partial charge < -0.3 is 15.0 Å². The van der Waals surface area contributed by atoms with E-state index in [2.05, 4.69) is 5.32 Å². The molecule has 0 radical (unpaired) electrons. The number of methoxy groups -OCH3 is 1. The second-order valence-electron chi connectivity index (χ2n) is 7.80. The van der Waals surface area contributed by atoms with Crippen LogP contribution in [0.3, 0.4) is 0 Å². The van der Waals surface area contributed by atoms with Crippen LogP contribution in [0.1, 0.15) is 32.3 Å². The third-order valence-electron chi connectivity index (χ3n) is 5.23. The van der Waals surface area contributed by atoms with Gasteiger partial charge >= 0.3 is 0 Å². The monoisotopic (exact) mass is 475 g/mol.